The molecule has 1 aromatic carbocycles. The van der Waals surface area contributed by atoms with Gasteiger partial charge in [-0.3, -0.25) is 4.79 Å². The molecule has 2 atom stereocenters. The van der Waals surface area contributed by atoms with Crippen LogP contribution in [0.2, 0.25) is 0 Å². The van der Waals surface area contributed by atoms with Crippen LogP contribution in [0.15, 0.2) is 18.2 Å². The summed E-state index contributed by atoms with van der Waals surface area (Å²) in [6, 6.07) is 2.81. The minimum Gasteiger partial charge on any atom is -0.349 e. The Morgan fingerprint density at radius 3 is 2.56 bits per heavy atom. The van der Waals surface area contributed by atoms with Gasteiger partial charge in [-0.1, -0.05) is 6.42 Å². The van der Waals surface area contributed by atoms with Crippen molar-refractivity contribution >= 4 is 17.5 Å². The fourth-order valence-corrected chi connectivity index (χ4v) is 2.72. The second kappa shape index (κ2) is 5.65. The smallest absolute Gasteiger partial charge is 0.251 e. The zero-order valence-corrected chi connectivity index (χ0v) is 10.5. The number of hydrogen-bond acceptors (Lipinski definition) is 1. The normalized spacial score (nSPS) is 23.1. The van der Waals surface area contributed by atoms with Crippen LogP contribution in [0.1, 0.15) is 29.6 Å². The Kier molecular flexibility index (Phi) is 4.17. The van der Waals surface area contributed by atoms with Gasteiger partial charge in [0.25, 0.3) is 5.91 Å². The van der Waals surface area contributed by atoms with Crippen molar-refractivity contribution in [2.45, 2.75) is 25.3 Å². The van der Waals surface area contributed by atoms with E-state index in [0.717, 1.165) is 37.5 Å². The third-order valence-corrected chi connectivity index (χ3v) is 3.69. The van der Waals surface area contributed by atoms with E-state index < -0.39 is 17.5 Å². The fraction of sp³-hybridized carbons (Fsp3) is 0.462. The zero-order valence-electron chi connectivity index (χ0n) is 9.76. The topological polar surface area (TPSA) is 29.1 Å². The maximum absolute atomic E-state index is 13.0. The Hall–Kier alpha value is -1.16. The lowest BCUT2D eigenvalue weighted by Crippen LogP contribution is -2.38. The average molecular weight is 274 g/mol. The molecule has 0 heterocycles. The van der Waals surface area contributed by atoms with Gasteiger partial charge in [0.1, 0.15) is 11.6 Å². The molecule has 2 unspecified atom stereocenters. The van der Waals surface area contributed by atoms with Crippen molar-refractivity contribution in [3.05, 3.63) is 35.4 Å². The van der Waals surface area contributed by atoms with Gasteiger partial charge >= 0.3 is 0 Å². The number of hydrogen-bond donors (Lipinski definition) is 1. The van der Waals surface area contributed by atoms with Crippen LogP contribution in [0.5, 0.6) is 0 Å². The molecule has 0 radical (unpaired) electrons. The third-order valence-electron chi connectivity index (χ3n) is 3.30. The standard InChI is InChI=1S/C13H14ClF2NO/c14-7-8-2-1-3-12(8)17-13(18)9-4-10(15)6-11(16)5-9/h4-6,8,12H,1-3,7H2,(H,17,18). The van der Waals surface area contributed by atoms with Gasteiger partial charge in [-0.15, -0.1) is 11.6 Å². The van der Waals surface area contributed by atoms with E-state index in [2.05, 4.69) is 5.32 Å². The van der Waals surface area contributed by atoms with Gasteiger partial charge in [0.05, 0.1) is 0 Å². The molecular formula is C13H14ClF2NO. The molecule has 2 rings (SSSR count). The molecule has 1 aliphatic carbocycles. The van der Waals surface area contributed by atoms with E-state index in [1.54, 1.807) is 0 Å². The Morgan fingerprint density at radius 2 is 1.94 bits per heavy atom. The number of carbonyl (C=O) groups excluding carboxylic acids is 1. The molecule has 2 nitrogen and oxygen atoms in total. The van der Waals surface area contributed by atoms with Crippen molar-refractivity contribution < 1.29 is 13.6 Å². The number of nitrogens with one attached hydrogen (secondary N) is 1. The molecule has 0 bridgehead atoms. The number of rotatable bonds is 3. The Morgan fingerprint density at radius 1 is 1.28 bits per heavy atom. The summed E-state index contributed by atoms with van der Waals surface area (Å²) in [5.41, 5.74) is 0.00715. The van der Waals surface area contributed by atoms with Gasteiger partial charge in [-0.25, -0.2) is 8.78 Å². The third kappa shape index (κ3) is 2.99. The highest BCUT2D eigenvalue weighted by molar-refractivity contribution is 6.18. The van der Waals surface area contributed by atoms with Crippen LogP contribution in [0, 0.1) is 17.6 Å². The number of benzene rings is 1. The van der Waals surface area contributed by atoms with E-state index in [1.165, 1.54) is 0 Å². The van der Waals surface area contributed by atoms with E-state index in [4.69, 9.17) is 11.6 Å². The van der Waals surface area contributed by atoms with Crippen LogP contribution in [-0.4, -0.2) is 17.8 Å². The molecule has 1 aliphatic rings. The molecule has 1 amide bonds. The van der Waals surface area contributed by atoms with Gasteiger partial charge in [0.15, 0.2) is 0 Å². The van der Waals surface area contributed by atoms with Crippen molar-refractivity contribution in [2.24, 2.45) is 5.92 Å². The lowest BCUT2D eigenvalue weighted by Gasteiger charge is -2.18. The van der Waals surface area contributed by atoms with Gasteiger partial charge in [0, 0.05) is 23.6 Å². The van der Waals surface area contributed by atoms with Crippen LogP contribution in [0.3, 0.4) is 0 Å². The summed E-state index contributed by atoms with van der Waals surface area (Å²) < 4.78 is 26.0. The second-order valence-electron chi connectivity index (χ2n) is 4.58. The summed E-state index contributed by atoms with van der Waals surface area (Å²) in [6.45, 7) is 0. The number of carbonyl (C=O) groups is 1. The lowest BCUT2D eigenvalue weighted by atomic mass is 10.1. The molecule has 5 heteroatoms. The molecule has 98 valence electrons. The predicted octanol–water partition coefficient (Wildman–Crippen LogP) is 3.10. The number of halogens is 3. The predicted molar refractivity (Wildman–Crippen MR) is 65.7 cm³/mol. The quantitative estimate of drug-likeness (QED) is 0.843. The highest BCUT2D eigenvalue weighted by atomic mass is 35.5. The Balaban J connectivity index is 2.07. The van der Waals surface area contributed by atoms with Gasteiger partial charge < -0.3 is 5.32 Å². The molecule has 1 fully saturated rings. The van der Waals surface area contributed by atoms with Gasteiger partial charge in [0.2, 0.25) is 0 Å². The molecule has 0 aromatic heterocycles. The van der Waals surface area contributed by atoms with Crippen LogP contribution in [0.4, 0.5) is 8.78 Å². The van der Waals surface area contributed by atoms with E-state index in [1.807, 2.05) is 0 Å². The summed E-state index contributed by atoms with van der Waals surface area (Å²) in [7, 11) is 0. The van der Waals surface area contributed by atoms with Gasteiger partial charge in [-0.05, 0) is 30.9 Å². The SMILES string of the molecule is O=C(NC1CCCC1CCl)c1cc(F)cc(F)c1. The van der Waals surface area contributed by atoms with Crippen molar-refractivity contribution in [2.75, 3.05) is 5.88 Å². The fourth-order valence-electron chi connectivity index (χ4n) is 2.35. The molecule has 18 heavy (non-hydrogen) atoms. The monoisotopic (exact) mass is 273 g/mol. The summed E-state index contributed by atoms with van der Waals surface area (Å²) in [5.74, 6) is -1.21. The molecule has 1 saturated carbocycles. The molecule has 0 aliphatic heterocycles. The van der Waals surface area contributed by atoms with Crippen molar-refractivity contribution in [3.63, 3.8) is 0 Å². The Bertz CT molecular complexity index is 432. The maximum Gasteiger partial charge on any atom is 0.251 e. The minimum absolute atomic E-state index is 0.00123. The first-order valence-electron chi connectivity index (χ1n) is 5.93. The van der Waals surface area contributed by atoms with Gasteiger partial charge in [-0.2, -0.15) is 0 Å². The van der Waals surface area contributed by atoms with Crippen LogP contribution in [-0.2, 0) is 0 Å². The van der Waals surface area contributed by atoms with Crippen LogP contribution >= 0.6 is 11.6 Å². The van der Waals surface area contributed by atoms with Crippen molar-refractivity contribution in [3.8, 4) is 0 Å². The molecular weight excluding hydrogens is 260 g/mol. The summed E-state index contributed by atoms with van der Waals surface area (Å²) >= 11 is 5.81. The summed E-state index contributed by atoms with van der Waals surface area (Å²) in [5, 5.41) is 2.79. The van der Waals surface area contributed by atoms with Crippen molar-refractivity contribution in [1.29, 1.82) is 0 Å². The second-order valence-corrected chi connectivity index (χ2v) is 4.89. The molecule has 1 aromatic rings. The first kappa shape index (κ1) is 13.3. The minimum atomic E-state index is -0.750. The maximum atomic E-state index is 13.0. The number of alkyl halides is 1. The van der Waals surface area contributed by atoms with Crippen molar-refractivity contribution in [1.82, 2.24) is 5.32 Å². The molecule has 1 N–H and O–H groups in total. The van der Waals surface area contributed by atoms with E-state index in [9.17, 15) is 13.6 Å². The van der Waals surface area contributed by atoms with Crippen LogP contribution in [0.25, 0.3) is 0 Å². The van der Waals surface area contributed by atoms with E-state index in [-0.39, 0.29) is 17.5 Å². The number of amides is 1. The largest absolute Gasteiger partial charge is 0.349 e. The highest BCUT2D eigenvalue weighted by Crippen LogP contribution is 2.26. The van der Waals surface area contributed by atoms with E-state index in [0.29, 0.717) is 5.88 Å². The van der Waals surface area contributed by atoms with E-state index >= 15 is 0 Å². The summed E-state index contributed by atoms with van der Waals surface area (Å²) in [4.78, 5) is 11.9. The molecule has 0 spiro atoms. The lowest BCUT2D eigenvalue weighted by molar-refractivity contribution is 0.0929. The first-order valence-corrected chi connectivity index (χ1v) is 6.46. The average Bonchev–Trinajstić information content (AvgIpc) is 2.75. The summed E-state index contributed by atoms with van der Waals surface area (Å²) in [6.07, 6.45) is 2.85. The Labute approximate surface area is 109 Å². The first-order chi connectivity index (χ1) is 8.60. The highest BCUT2D eigenvalue weighted by Gasteiger charge is 2.28. The van der Waals surface area contributed by atoms with Crippen LogP contribution < -0.4 is 5.32 Å². The zero-order chi connectivity index (χ0) is 13.1. The molecule has 0 saturated heterocycles.